The van der Waals surface area contributed by atoms with Crippen molar-refractivity contribution in [3.8, 4) is 23.0 Å². The van der Waals surface area contributed by atoms with Gasteiger partial charge in [0.2, 0.25) is 11.7 Å². The molecule has 0 aliphatic carbocycles. The molecular weight excluding hydrogens is 644 g/mol. The molecule has 1 aliphatic heterocycles. The van der Waals surface area contributed by atoms with E-state index in [-0.39, 0.29) is 11.8 Å². The van der Waals surface area contributed by atoms with Crippen LogP contribution in [-0.4, -0.2) is 97.9 Å². The third-order valence-electron chi connectivity index (χ3n) is 9.80. The lowest BCUT2D eigenvalue weighted by Crippen LogP contribution is -2.40. The summed E-state index contributed by atoms with van der Waals surface area (Å²) in [6, 6.07) is 24.3. The summed E-state index contributed by atoms with van der Waals surface area (Å²) in [5, 5.41) is 3.79. The Morgan fingerprint density at radius 2 is 1.59 bits per heavy atom. The number of amides is 1. The number of hydrogen-bond acceptors (Lipinski definition) is 9. The minimum Gasteiger partial charge on any atom is -0.497 e. The highest BCUT2D eigenvalue weighted by molar-refractivity contribution is 5.95. The first-order valence-corrected chi connectivity index (χ1v) is 17.4. The number of carbonyl (C=O) groups is 1. The van der Waals surface area contributed by atoms with E-state index in [2.05, 4.69) is 62.2 Å². The van der Waals surface area contributed by atoms with Gasteiger partial charge in [0.05, 0.1) is 46.0 Å². The lowest BCUT2D eigenvalue weighted by molar-refractivity contribution is 0.0781. The third kappa shape index (κ3) is 8.37. The second-order valence-corrected chi connectivity index (χ2v) is 13.0. The number of nitrogens with zero attached hydrogens (tertiary/aromatic N) is 5. The summed E-state index contributed by atoms with van der Waals surface area (Å²) in [6.45, 7) is 4.17. The predicted octanol–water partition coefficient (Wildman–Crippen LogP) is 6.34. The van der Waals surface area contributed by atoms with Crippen LogP contribution in [0.1, 0.15) is 46.7 Å². The third-order valence-corrected chi connectivity index (χ3v) is 9.80. The second kappa shape index (κ2) is 16.6. The van der Waals surface area contributed by atoms with E-state index in [4.69, 9.17) is 23.9 Å². The van der Waals surface area contributed by atoms with Crippen molar-refractivity contribution in [3.05, 3.63) is 102 Å². The Hall–Kier alpha value is -5.29. The van der Waals surface area contributed by atoms with Crippen LogP contribution in [0, 0.1) is 0 Å². The van der Waals surface area contributed by atoms with E-state index < -0.39 is 0 Å². The molecule has 5 aromatic rings. The first-order valence-electron chi connectivity index (χ1n) is 17.4. The molecule has 51 heavy (non-hydrogen) atoms. The van der Waals surface area contributed by atoms with Crippen LogP contribution in [-0.2, 0) is 6.54 Å². The number of likely N-dealkylation sites (N-methyl/N-ethyl adjacent to an activating group) is 1. The number of imidazole rings is 1. The van der Waals surface area contributed by atoms with Gasteiger partial charge in [-0.15, -0.1) is 0 Å². The normalized spacial score (nSPS) is 14.2. The topological polar surface area (TPSA) is 103 Å². The van der Waals surface area contributed by atoms with Crippen molar-refractivity contribution in [2.45, 2.75) is 37.8 Å². The molecule has 2 aromatic heterocycles. The maximum atomic E-state index is 13.8. The van der Waals surface area contributed by atoms with Crippen LogP contribution in [0.4, 0.5) is 5.95 Å². The van der Waals surface area contributed by atoms with Gasteiger partial charge in [0, 0.05) is 56.6 Å². The van der Waals surface area contributed by atoms with E-state index in [1.165, 1.54) is 11.1 Å². The van der Waals surface area contributed by atoms with Crippen LogP contribution in [0.15, 0.2) is 85.2 Å². The summed E-state index contributed by atoms with van der Waals surface area (Å²) in [5.41, 5.74) is 4.94. The highest BCUT2D eigenvalue weighted by atomic mass is 16.5. The largest absolute Gasteiger partial charge is 0.497 e. The number of rotatable bonds is 15. The van der Waals surface area contributed by atoms with Crippen molar-refractivity contribution in [3.63, 3.8) is 0 Å². The van der Waals surface area contributed by atoms with Gasteiger partial charge >= 0.3 is 0 Å². The molecule has 1 atom stereocenters. The molecule has 3 aromatic carbocycles. The van der Waals surface area contributed by atoms with E-state index in [0.29, 0.717) is 35.4 Å². The van der Waals surface area contributed by atoms with Crippen LogP contribution >= 0.6 is 0 Å². The summed E-state index contributed by atoms with van der Waals surface area (Å²) in [4.78, 5) is 27.2. The minimum atomic E-state index is -0.116. The summed E-state index contributed by atoms with van der Waals surface area (Å²) in [5.74, 6) is 3.07. The van der Waals surface area contributed by atoms with E-state index >= 15 is 0 Å². The fourth-order valence-electron chi connectivity index (χ4n) is 6.92. The number of fused-ring (bicyclic) bond motifs is 1. The number of para-hydroxylation sites is 2. The lowest BCUT2D eigenvalue weighted by atomic mass is 9.93. The molecule has 1 amide bonds. The number of benzene rings is 3. The molecule has 11 heteroatoms. The van der Waals surface area contributed by atoms with Gasteiger partial charge in [-0.3, -0.25) is 9.78 Å². The number of carbonyl (C=O) groups excluding carboxylic acids is 1. The van der Waals surface area contributed by atoms with Gasteiger partial charge in [0.15, 0.2) is 11.5 Å². The molecule has 0 bridgehead atoms. The zero-order valence-corrected chi connectivity index (χ0v) is 30.2. The quantitative estimate of drug-likeness (QED) is 0.135. The maximum absolute atomic E-state index is 13.8. The zero-order valence-electron chi connectivity index (χ0n) is 30.2. The molecule has 0 radical (unpaired) electrons. The maximum Gasteiger partial charge on any atom is 0.253 e. The average Bonchev–Trinajstić information content (AvgIpc) is 3.52. The van der Waals surface area contributed by atoms with Gasteiger partial charge in [0.1, 0.15) is 5.75 Å². The van der Waals surface area contributed by atoms with Gasteiger partial charge in [-0.2, -0.15) is 0 Å². The molecule has 1 aliphatic rings. The summed E-state index contributed by atoms with van der Waals surface area (Å²) in [7, 11) is 8.17. The lowest BCUT2D eigenvalue weighted by Gasteiger charge is -2.34. The predicted molar refractivity (Wildman–Crippen MR) is 200 cm³/mol. The number of pyridine rings is 1. The van der Waals surface area contributed by atoms with Crippen LogP contribution < -0.4 is 24.3 Å². The van der Waals surface area contributed by atoms with Gasteiger partial charge in [-0.1, -0.05) is 24.3 Å². The molecule has 1 fully saturated rings. The Labute approximate surface area is 300 Å². The van der Waals surface area contributed by atoms with E-state index in [0.717, 1.165) is 68.2 Å². The van der Waals surface area contributed by atoms with Crippen LogP contribution in [0.3, 0.4) is 0 Å². The summed E-state index contributed by atoms with van der Waals surface area (Å²) in [6.07, 6.45) is 6.61. The summed E-state index contributed by atoms with van der Waals surface area (Å²) >= 11 is 0. The highest BCUT2D eigenvalue weighted by Gasteiger charge is 2.25. The molecule has 11 nitrogen and oxygen atoms in total. The average molecular weight is 693 g/mol. The summed E-state index contributed by atoms with van der Waals surface area (Å²) < 4.78 is 24.2. The number of aromatic nitrogens is 3. The number of anilines is 1. The Morgan fingerprint density at radius 3 is 2.24 bits per heavy atom. The molecule has 3 heterocycles. The van der Waals surface area contributed by atoms with Gasteiger partial charge in [0.25, 0.3) is 5.91 Å². The number of methoxy groups -OCH3 is 4. The van der Waals surface area contributed by atoms with Crippen molar-refractivity contribution < 1.29 is 23.7 Å². The molecule has 0 saturated carbocycles. The first kappa shape index (κ1) is 35.5. The number of nitrogens with one attached hydrogen (secondary N) is 1. The van der Waals surface area contributed by atoms with E-state index in [1.54, 1.807) is 45.5 Å². The highest BCUT2D eigenvalue weighted by Crippen LogP contribution is 2.38. The number of likely N-dealkylation sites (tertiary alicyclic amines) is 1. The van der Waals surface area contributed by atoms with Crippen LogP contribution in [0.2, 0.25) is 0 Å². The Morgan fingerprint density at radius 1 is 0.902 bits per heavy atom. The minimum absolute atomic E-state index is 0.116. The van der Waals surface area contributed by atoms with Crippen molar-refractivity contribution in [2.24, 2.45) is 0 Å². The molecular formula is C40H48N6O5. The fraction of sp³-hybridized carbons (Fsp3) is 0.375. The fourth-order valence-corrected chi connectivity index (χ4v) is 6.92. The van der Waals surface area contributed by atoms with Gasteiger partial charge in [-0.25, -0.2) is 4.98 Å². The molecule has 0 spiro atoms. The molecule has 6 rings (SSSR count). The Kier molecular flexibility index (Phi) is 11.6. The van der Waals surface area contributed by atoms with Crippen molar-refractivity contribution >= 4 is 22.9 Å². The van der Waals surface area contributed by atoms with Crippen molar-refractivity contribution in [1.82, 2.24) is 24.3 Å². The van der Waals surface area contributed by atoms with E-state index in [1.807, 2.05) is 37.6 Å². The zero-order chi connectivity index (χ0) is 35.7. The van der Waals surface area contributed by atoms with Gasteiger partial charge < -0.3 is 38.6 Å². The van der Waals surface area contributed by atoms with Crippen molar-refractivity contribution in [1.29, 1.82) is 0 Å². The smallest absolute Gasteiger partial charge is 0.253 e. The molecule has 268 valence electrons. The monoisotopic (exact) mass is 692 g/mol. The molecule has 1 N–H and O–H groups in total. The molecule has 1 unspecified atom stereocenters. The molecule has 1 saturated heterocycles. The number of ether oxygens (including phenoxy) is 4. The SMILES string of the molecule is COc1ccc(C(CCN2CCC(Nc3nc4ccccc4n3Cc3ccncc3)CC2)CN(C)C(=O)c2cc(OC)c(OC)c(OC)c2)cc1. The van der Waals surface area contributed by atoms with Crippen LogP contribution in [0.25, 0.3) is 11.0 Å². The standard InChI is InChI=1S/C40H48N6O5/c1-44(39(47)31-24-36(49-3)38(51-5)37(25-31)50-4)27-30(29-10-12-33(48-2)13-11-29)16-21-45-22-17-32(18-23-45)42-40-43-34-8-6-7-9-35(34)46(40)26-28-14-19-41-20-15-28/h6-15,19-20,24-25,30,32H,16-18,21-23,26-27H2,1-5H3,(H,42,43). The Balaban J connectivity index is 1.11. The van der Waals surface area contributed by atoms with Crippen LogP contribution in [0.5, 0.6) is 23.0 Å². The van der Waals surface area contributed by atoms with Gasteiger partial charge in [-0.05, 0) is 85.5 Å². The van der Waals surface area contributed by atoms with Crippen molar-refractivity contribution in [2.75, 3.05) is 67.0 Å². The second-order valence-electron chi connectivity index (χ2n) is 13.0. The number of hydrogen-bond donors (Lipinski definition) is 1. The van der Waals surface area contributed by atoms with E-state index in [9.17, 15) is 4.79 Å². The number of piperidine rings is 1. The first-order chi connectivity index (χ1) is 24.9. The Bertz CT molecular complexity index is 1860.